The molecule has 1 fully saturated rings. The summed E-state index contributed by atoms with van der Waals surface area (Å²) < 4.78 is 39.9. The summed E-state index contributed by atoms with van der Waals surface area (Å²) in [7, 11) is 0.434. The molecule has 5 rings (SSSR count). The molecule has 37 heavy (non-hydrogen) atoms. The maximum Gasteiger partial charge on any atom is 0.243 e. The van der Waals surface area contributed by atoms with E-state index in [1.54, 1.807) is 41.4 Å². The Kier molecular flexibility index (Phi) is 7.38. The standard InChI is InChI=1S/C26H27N5O4S2/c1-29(2)22-9-5-20(6-10-22)18-27-31-24(25-4-3-15-35-25)19-36-26(31)28-21-7-11-23(12-8-21)37(32,33)30-13-16-34-17-14-30/h3-12,15,18-19H,13-14,16-17H2,1-2H3. The summed E-state index contributed by atoms with van der Waals surface area (Å²) in [5, 5.41) is 6.63. The number of nitrogens with zero attached hydrogens (tertiary/aromatic N) is 5. The van der Waals surface area contributed by atoms with Crippen LogP contribution in [-0.2, 0) is 14.8 Å². The van der Waals surface area contributed by atoms with Crippen molar-refractivity contribution in [2.45, 2.75) is 4.90 Å². The average molecular weight is 538 g/mol. The molecule has 192 valence electrons. The molecule has 0 unspecified atom stereocenters. The van der Waals surface area contributed by atoms with E-state index < -0.39 is 10.0 Å². The number of sulfonamides is 1. The quantitative estimate of drug-likeness (QED) is 0.332. The summed E-state index contributed by atoms with van der Waals surface area (Å²) in [6, 6.07) is 18.3. The molecule has 0 aliphatic carbocycles. The Bertz CT molecular complexity index is 1530. The zero-order valence-electron chi connectivity index (χ0n) is 20.5. The van der Waals surface area contributed by atoms with Crippen LogP contribution < -0.4 is 9.70 Å². The van der Waals surface area contributed by atoms with Gasteiger partial charge >= 0.3 is 0 Å². The first-order chi connectivity index (χ1) is 17.9. The highest BCUT2D eigenvalue weighted by Crippen LogP contribution is 2.23. The van der Waals surface area contributed by atoms with Crippen LogP contribution in [0.2, 0.25) is 0 Å². The van der Waals surface area contributed by atoms with Crippen molar-refractivity contribution in [2.75, 3.05) is 45.3 Å². The van der Waals surface area contributed by atoms with E-state index >= 15 is 0 Å². The fourth-order valence-corrected chi connectivity index (χ4v) is 6.05. The molecule has 0 amide bonds. The smallest absolute Gasteiger partial charge is 0.243 e. The molecular formula is C26H27N5O4S2. The molecule has 1 saturated heterocycles. The first-order valence-corrected chi connectivity index (χ1v) is 14.0. The third kappa shape index (κ3) is 5.59. The monoisotopic (exact) mass is 537 g/mol. The maximum absolute atomic E-state index is 12.9. The van der Waals surface area contributed by atoms with Crippen LogP contribution in [0.4, 0.5) is 11.4 Å². The zero-order chi connectivity index (χ0) is 25.8. The SMILES string of the molecule is CN(C)c1ccc(C=Nn2c(-c3ccco3)csc2=Nc2ccc(S(=O)(=O)N3CCOCC3)cc2)cc1. The van der Waals surface area contributed by atoms with E-state index in [0.29, 0.717) is 42.6 Å². The van der Waals surface area contributed by atoms with Crippen molar-refractivity contribution in [1.82, 2.24) is 8.98 Å². The number of furan rings is 1. The lowest BCUT2D eigenvalue weighted by molar-refractivity contribution is 0.0730. The second-order valence-corrected chi connectivity index (χ2v) is 11.3. The number of rotatable bonds is 7. The van der Waals surface area contributed by atoms with E-state index in [1.165, 1.54) is 15.6 Å². The number of morpholine rings is 1. The lowest BCUT2D eigenvalue weighted by Crippen LogP contribution is -2.40. The van der Waals surface area contributed by atoms with E-state index in [2.05, 4.69) is 0 Å². The molecule has 3 heterocycles. The van der Waals surface area contributed by atoms with E-state index in [1.807, 2.05) is 60.8 Å². The van der Waals surface area contributed by atoms with Gasteiger partial charge in [0.2, 0.25) is 14.8 Å². The third-order valence-electron chi connectivity index (χ3n) is 5.86. The van der Waals surface area contributed by atoms with Gasteiger partial charge < -0.3 is 14.1 Å². The molecule has 1 aliphatic rings. The number of thiazole rings is 1. The van der Waals surface area contributed by atoms with Gasteiger partial charge in [-0.1, -0.05) is 12.1 Å². The summed E-state index contributed by atoms with van der Waals surface area (Å²) >= 11 is 1.42. The largest absolute Gasteiger partial charge is 0.463 e. The van der Waals surface area contributed by atoms with Gasteiger partial charge in [0.05, 0.1) is 36.3 Å². The molecule has 11 heteroatoms. The summed E-state index contributed by atoms with van der Waals surface area (Å²) in [5.41, 5.74) is 3.43. The highest BCUT2D eigenvalue weighted by Gasteiger charge is 2.26. The zero-order valence-corrected chi connectivity index (χ0v) is 22.2. The van der Waals surface area contributed by atoms with Crippen molar-refractivity contribution in [2.24, 2.45) is 10.1 Å². The third-order valence-corrected chi connectivity index (χ3v) is 8.59. The van der Waals surface area contributed by atoms with Gasteiger partial charge in [0, 0.05) is 38.3 Å². The molecule has 1 aliphatic heterocycles. The van der Waals surface area contributed by atoms with Crippen LogP contribution in [0.1, 0.15) is 5.56 Å². The number of benzene rings is 2. The molecule has 4 aromatic rings. The summed E-state index contributed by atoms with van der Waals surface area (Å²) in [5.74, 6) is 0.671. The summed E-state index contributed by atoms with van der Waals surface area (Å²) in [6.45, 7) is 1.52. The number of aromatic nitrogens is 1. The van der Waals surface area contributed by atoms with E-state index in [-0.39, 0.29) is 4.90 Å². The van der Waals surface area contributed by atoms with Gasteiger partial charge in [0.15, 0.2) is 5.76 Å². The Morgan fingerprint density at radius 1 is 1.00 bits per heavy atom. The number of hydrogen-bond donors (Lipinski definition) is 0. The first-order valence-electron chi connectivity index (χ1n) is 11.7. The van der Waals surface area contributed by atoms with Gasteiger partial charge in [-0.15, -0.1) is 11.3 Å². The number of anilines is 1. The van der Waals surface area contributed by atoms with E-state index in [9.17, 15) is 8.42 Å². The molecule has 0 N–H and O–H groups in total. The van der Waals surface area contributed by atoms with Crippen molar-refractivity contribution in [3.63, 3.8) is 0 Å². The molecule has 0 spiro atoms. The van der Waals surface area contributed by atoms with E-state index in [0.717, 1.165) is 16.9 Å². The van der Waals surface area contributed by atoms with Gasteiger partial charge in [-0.05, 0) is 54.1 Å². The Hall–Kier alpha value is -3.51. The van der Waals surface area contributed by atoms with Gasteiger partial charge in [0.25, 0.3) is 0 Å². The lowest BCUT2D eigenvalue weighted by Gasteiger charge is -2.26. The summed E-state index contributed by atoms with van der Waals surface area (Å²) in [6.07, 6.45) is 3.39. The van der Waals surface area contributed by atoms with Crippen LogP contribution in [0.25, 0.3) is 11.5 Å². The molecule has 0 radical (unpaired) electrons. The predicted molar refractivity (Wildman–Crippen MR) is 145 cm³/mol. The second kappa shape index (κ2) is 10.9. The average Bonchev–Trinajstić information content (AvgIpc) is 3.59. The topological polar surface area (TPSA) is 92.6 Å². The Morgan fingerprint density at radius 2 is 1.73 bits per heavy atom. The molecule has 2 aromatic heterocycles. The Labute approximate surface area is 219 Å². The highest BCUT2D eigenvalue weighted by atomic mass is 32.2. The van der Waals surface area contributed by atoms with Gasteiger partial charge in [-0.25, -0.2) is 18.1 Å². The number of hydrogen-bond acceptors (Lipinski definition) is 8. The van der Waals surface area contributed by atoms with Gasteiger partial charge in [-0.3, -0.25) is 0 Å². The minimum absolute atomic E-state index is 0.239. The molecule has 0 bridgehead atoms. The lowest BCUT2D eigenvalue weighted by atomic mass is 10.2. The normalized spacial score (nSPS) is 15.5. The molecular weight excluding hydrogens is 510 g/mol. The summed E-state index contributed by atoms with van der Waals surface area (Å²) in [4.78, 5) is 7.65. The first kappa shape index (κ1) is 25.2. The van der Waals surface area contributed by atoms with Crippen LogP contribution >= 0.6 is 11.3 Å². The predicted octanol–water partition coefficient (Wildman–Crippen LogP) is 4.01. The Balaban J connectivity index is 1.47. The van der Waals surface area contributed by atoms with Crippen molar-refractivity contribution >= 4 is 38.9 Å². The Morgan fingerprint density at radius 3 is 2.38 bits per heavy atom. The van der Waals surface area contributed by atoms with Gasteiger partial charge in [-0.2, -0.15) is 9.41 Å². The molecule has 0 saturated carbocycles. The van der Waals surface area contributed by atoms with Crippen molar-refractivity contribution in [1.29, 1.82) is 0 Å². The van der Waals surface area contributed by atoms with Crippen molar-refractivity contribution < 1.29 is 17.6 Å². The van der Waals surface area contributed by atoms with E-state index in [4.69, 9.17) is 19.2 Å². The fraction of sp³-hybridized carbons (Fsp3) is 0.231. The molecule has 9 nitrogen and oxygen atoms in total. The van der Waals surface area contributed by atoms with Crippen molar-refractivity contribution in [3.8, 4) is 11.5 Å². The van der Waals surface area contributed by atoms with Crippen LogP contribution in [0, 0.1) is 0 Å². The molecule has 0 atom stereocenters. The van der Waals surface area contributed by atoms with Crippen molar-refractivity contribution in [3.05, 3.63) is 82.7 Å². The fourth-order valence-electron chi connectivity index (χ4n) is 3.81. The van der Waals surface area contributed by atoms with Crippen LogP contribution in [0.3, 0.4) is 0 Å². The minimum atomic E-state index is -3.56. The highest BCUT2D eigenvalue weighted by molar-refractivity contribution is 7.89. The molecule has 2 aromatic carbocycles. The minimum Gasteiger partial charge on any atom is -0.463 e. The van der Waals surface area contributed by atoms with Crippen LogP contribution in [-0.4, -0.2) is 64.0 Å². The number of ether oxygens (including phenoxy) is 1. The second-order valence-electron chi connectivity index (χ2n) is 8.55. The van der Waals surface area contributed by atoms with Gasteiger partial charge in [0.1, 0.15) is 5.69 Å². The van der Waals surface area contributed by atoms with Crippen LogP contribution in [0.5, 0.6) is 0 Å². The van der Waals surface area contributed by atoms with Crippen LogP contribution in [0.15, 0.2) is 91.7 Å². The maximum atomic E-state index is 12.9.